The van der Waals surface area contributed by atoms with Crippen LogP contribution in [0.25, 0.3) is 10.8 Å². The molecule has 0 N–H and O–H groups in total. The summed E-state index contributed by atoms with van der Waals surface area (Å²) >= 11 is 4.87. The van der Waals surface area contributed by atoms with Crippen LogP contribution in [0.2, 0.25) is 0 Å². The molecule has 0 spiro atoms. The Kier molecular flexibility index (Phi) is 15.8. The summed E-state index contributed by atoms with van der Waals surface area (Å²) in [6, 6.07) is 31.5. The van der Waals surface area contributed by atoms with E-state index in [2.05, 4.69) is 126 Å². The van der Waals surface area contributed by atoms with Crippen LogP contribution >= 0.6 is 12.2 Å². The van der Waals surface area contributed by atoms with Gasteiger partial charge in [0.2, 0.25) is 5.69 Å². The summed E-state index contributed by atoms with van der Waals surface area (Å²) in [5.74, 6) is 1.31. The van der Waals surface area contributed by atoms with E-state index in [9.17, 15) is 13.0 Å². The Balaban J connectivity index is 0.00000331. The molecule has 0 unspecified atom stereocenters. The molecule has 0 atom stereocenters. The number of halogens is 1. The van der Waals surface area contributed by atoms with E-state index < -0.39 is 10.1 Å². The molecule has 4 aromatic carbocycles. The first-order valence-corrected chi connectivity index (χ1v) is 22.0. The third-order valence-electron chi connectivity index (χ3n) is 11.6. The van der Waals surface area contributed by atoms with Crippen molar-refractivity contribution in [1.82, 2.24) is 0 Å². The Bertz CT molecular complexity index is 2500. The number of ether oxygens (including phenoxy) is 1. The smallest absolute Gasteiger partial charge is 1.00 e. The quantitative estimate of drug-likeness (QED) is 0.0456. The van der Waals surface area contributed by atoms with Crippen molar-refractivity contribution in [3.8, 4) is 5.75 Å². The zero-order valence-electron chi connectivity index (χ0n) is 34.7. The number of hydrogen-bond acceptors (Lipinski definition) is 7. The van der Waals surface area contributed by atoms with Crippen molar-refractivity contribution in [3.05, 3.63) is 149 Å². The van der Waals surface area contributed by atoms with Gasteiger partial charge in [0.15, 0.2) is 12.3 Å². The summed E-state index contributed by atoms with van der Waals surface area (Å²) in [6.07, 6.45) is 13.5. The van der Waals surface area contributed by atoms with Crippen LogP contribution in [0.1, 0.15) is 77.3 Å². The Labute approximate surface area is 388 Å². The molecule has 7 rings (SSSR count). The maximum absolute atomic E-state index is 11.4. The van der Waals surface area contributed by atoms with Crippen LogP contribution < -0.4 is 56.2 Å². The first-order chi connectivity index (χ1) is 27.4. The number of unbranched alkanes of at least 4 members (excludes halogenated alkanes) is 1. The zero-order valence-corrected chi connectivity index (χ0v) is 39.9. The first-order valence-electron chi connectivity index (χ1n) is 20.0. The van der Waals surface area contributed by atoms with Gasteiger partial charge in [-0.2, -0.15) is 4.58 Å². The van der Waals surface area contributed by atoms with Gasteiger partial charge < -0.3 is 31.2 Å². The Hall–Kier alpha value is -3.44. The van der Waals surface area contributed by atoms with Crippen LogP contribution in [0, 0.1) is 0 Å². The molecule has 0 saturated carbocycles. The van der Waals surface area contributed by atoms with E-state index in [1.165, 1.54) is 33.3 Å². The molecule has 0 aromatic heterocycles. The standard InChI is InChI=1S/C48H51N3O4S2.BrH.Na/c1-47(2)40-22-10-11-23-41(40)50(31-12-13-33-57(52,53)54)43(47)28-25-36-17-14-18-37(46(36)55-38-19-6-5-7-20-38)26-29-44-48(3,4)45-39-21-9-8-16-35(39)24-27-42(45)51(44)32-15-30-49-34-56;;/h5-11,16,19-29H,12-15,17-18,30-33H2,1-4H3;1H;/q;;+1/p-1. The minimum atomic E-state index is -4.26. The number of aliphatic imine (C=N–C) groups is 1. The topological polar surface area (TPSA) is 85.0 Å². The number of hydrogen-bond donors (Lipinski definition) is 0. The normalized spacial score (nSPS) is 18.2. The van der Waals surface area contributed by atoms with Crippen molar-refractivity contribution in [3.63, 3.8) is 0 Å². The maximum atomic E-state index is 11.4. The minimum Gasteiger partial charge on any atom is -1.00 e. The summed E-state index contributed by atoms with van der Waals surface area (Å²) in [5, 5.41) is 5.03. The van der Waals surface area contributed by atoms with Crippen molar-refractivity contribution in [2.45, 2.75) is 77.0 Å². The van der Waals surface area contributed by atoms with Crippen LogP contribution in [-0.4, -0.2) is 53.8 Å². The van der Waals surface area contributed by atoms with E-state index in [-0.39, 0.29) is 63.1 Å². The van der Waals surface area contributed by atoms with Gasteiger partial charge in [0, 0.05) is 53.2 Å². The molecule has 3 aliphatic rings. The molecule has 302 valence electrons. The number of nitrogens with zero attached hydrogens (tertiary/aromatic N) is 3. The SMILES string of the molecule is CC1(C)C(/C=C/C2=C(Oc3ccccc3)C(=C/C=C3/N(CCCCS(=O)(=O)[O-])c4ccccc4C3(C)C)/CCC2)=[N+](CCCN=C=S)c2ccc3ccccc3c21.[Br-].[Na+]. The Morgan fingerprint density at radius 3 is 2.37 bits per heavy atom. The fraction of sp³-hybridized carbons (Fsp3) is 0.333. The molecule has 0 radical (unpaired) electrons. The minimum absolute atomic E-state index is 0. The first kappa shape index (κ1) is 46.6. The van der Waals surface area contributed by atoms with Crippen LogP contribution in [0.3, 0.4) is 0 Å². The second-order valence-electron chi connectivity index (χ2n) is 16.1. The molecule has 0 fully saturated rings. The van der Waals surface area contributed by atoms with Gasteiger partial charge in [-0.3, -0.25) is 0 Å². The number of thiocarbonyl (C=S) groups is 1. The van der Waals surface area contributed by atoms with E-state index in [1.54, 1.807) is 0 Å². The zero-order chi connectivity index (χ0) is 40.2. The molecule has 2 aliphatic heterocycles. The number of isothiocyanates is 1. The number of allylic oxidation sites excluding steroid dienone is 7. The number of anilines is 1. The second kappa shape index (κ2) is 20.0. The molecule has 2 heterocycles. The molecule has 4 aromatic rings. The molecule has 0 bridgehead atoms. The summed E-state index contributed by atoms with van der Waals surface area (Å²) in [6.45, 7) is 11.2. The summed E-state index contributed by atoms with van der Waals surface area (Å²) in [5.41, 5.74) is 8.99. The monoisotopic (exact) mass is 899 g/mol. The molecule has 0 amide bonds. The third-order valence-corrected chi connectivity index (χ3v) is 12.5. The van der Waals surface area contributed by atoms with Gasteiger partial charge in [0.25, 0.3) is 0 Å². The summed E-state index contributed by atoms with van der Waals surface area (Å²) in [4.78, 5) is 6.51. The van der Waals surface area contributed by atoms with Crippen molar-refractivity contribution < 1.29 is 68.8 Å². The predicted octanol–water partition coefficient (Wildman–Crippen LogP) is 4.72. The predicted molar refractivity (Wildman–Crippen MR) is 235 cm³/mol. The van der Waals surface area contributed by atoms with Crippen LogP contribution in [-0.2, 0) is 20.9 Å². The number of rotatable bonds is 14. The fourth-order valence-corrected chi connectivity index (χ4v) is 9.53. The molecule has 7 nitrogen and oxygen atoms in total. The molecule has 1 aliphatic carbocycles. The average molecular weight is 901 g/mol. The Morgan fingerprint density at radius 2 is 1.61 bits per heavy atom. The van der Waals surface area contributed by atoms with E-state index in [4.69, 9.17) is 17.0 Å². The number of benzene rings is 4. The van der Waals surface area contributed by atoms with E-state index in [0.717, 1.165) is 66.3 Å². The summed E-state index contributed by atoms with van der Waals surface area (Å²) < 4.78 is 43.4. The van der Waals surface area contributed by atoms with Crippen molar-refractivity contribution >= 4 is 55.4 Å². The van der Waals surface area contributed by atoms with Crippen molar-refractivity contribution in [2.75, 3.05) is 30.3 Å². The van der Waals surface area contributed by atoms with Gasteiger partial charge in [-0.15, -0.1) is 0 Å². The second-order valence-corrected chi connectivity index (χ2v) is 17.8. The van der Waals surface area contributed by atoms with E-state index in [1.807, 2.05) is 36.4 Å². The molecule has 0 saturated heterocycles. The van der Waals surface area contributed by atoms with Crippen LogP contribution in [0.4, 0.5) is 11.4 Å². The van der Waals surface area contributed by atoms with Gasteiger partial charge in [0.1, 0.15) is 11.5 Å². The van der Waals surface area contributed by atoms with Crippen LogP contribution in [0.15, 0.2) is 143 Å². The number of fused-ring (bicyclic) bond motifs is 4. The number of para-hydroxylation sites is 2. The van der Waals surface area contributed by atoms with Crippen molar-refractivity contribution in [2.24, 2.45) is 4.99 Å². The van der Waals surface area contributed by atoms with Gasteiger partial charge >= 0.3 is 29.6 Å². The molecular formula is C48H51BrN3NaO4S2. The molecule has 11 heteroatoms. The third kappa shape index (κ3) is 10.2. The van der Waals surface area contributed by atoms with E-state index in [0.29, 0.717) is 25.9 Å². The van der Waals surface area contributed by atoms with E-state index >= 15 is 0 Å². The van der Waals surface area contributed by atoms with Gasteiger partial charge in [-0.25, -0.2) is 13.4 Å². The van der Waals surface area contributed by atoms with Gasteiger partial charge in [-0.1, -0.05) is 80.6 Å². The molecular weight excluding hydrogens is 850 g/mol. The average Bonchev–Trinajstić information content (AvgIpc) is 3.55. The van der Waals surface area contributed by atoms with Crippen molar-refractivity contribution in [1.29, 1.82) is 0 Å². The largest absolute Gasteiger partial charge is 1.00 e. The maximum Gasteiger partial charge on any atom is 1.00 e. The van der Waals surface area contributed by atoms with Gasteiger partial charge in [0.05, 0.1) is 27.2 Å². The van der Waals surface area contributed by atoms with Gasteiger partial charge in [-0.05, 0) is 122 Å². The molecule has 59 heavy (non-hydrogen) atoms. The Morgan fingerprint density at radius 1 is 0.881 bits per heavy atom. The summed E-state index contributed by atoms with van der Waals surface area (Å²) in [7, 11) is -4.26. The van der Waals surface area contributed by atoms with Crippen LogP contribution in [0.5, 0.6) is 5.75 Å². The fourth-order valence-electron chi connectivity index (χ4n) is 8.88.